The molecule has 12 nitrogen and oxygen atoms in total. The van der Waals surface area contributed by atoms with Crippen LogP contribution in [0.3, 0.4) is 0 Å². The maximum atomic E-state index is 6.22. The SMILES string of the molecule is C[n+]1ccn(CCCCCCCO[C@@H]2C=C[C@H]3C4C=CC(C4)[C@@H]23)c1.C[n+]1ccn(CCCCCCO[C@@H]2C=C[C@H]3C4C=CC(C4)[C@@H]23)c1.C[n+]1ccn(CCCCCO[C@@H]2C=C[C@H]3C4C=CC(C4)[C@@H]23)c1.Cc1n(CCCCCO[C@@H]2C=C[C@H]3C4C=CC(C4)[C@@H]23)cc[n+]1C.[Br-].[Br-].[Br-].[Br-]. The molecule has 96 heavy (non-hydrogen) atoms. The maximum Gasteiger partial charge on any atom is 0.253 e. The zero-order valence-electron chi connectivity index (χ0n) is 58.4. The van der Waals surface area contributed by atoms with Crippen molar-refractivity contribution in [3.8, 4) is 0 Å². The van der Waals surface area contributed by atoms with Crippen molar-refractivity contribution in [3.63, 3.8) is 0 Å². The zero-order valence-corrected chi connectivity index (χ0v) is 64.8. The highest BCUT2D eigenvalue weighted by Crippen LogP contribution is 2.56. The number of allylic oxidation sites excluding steroid dienone is 12. The summed E-state index contributed by atoms with van der Waals surface area (Å²) in [7, 11) is 8.32. The van der Waals surface area contributed by atoms with Crippen LogP contribution in [0.15, 0.2) is 166 Å². The lowest BCUT2D eigenvalue weighted by Crippen LogP contribution is -3.00. The molecule has 528 valence electrons. The second-order valence-corrected chi connectivity index (χ2v) is 30.2. The van der Waals surface area contributed by atoms with Crippen molar-refractivity contribution in [2.75, 3.05) is 26.4 Å². The highest BCUT2D eigenvalue weighted by molar-refractivity contribution is 5.28. The Hall–Kier alpha value is -3.48. The van der Waals surface area contributed by atoms with E-state index < -0.39 is 0 Å². The van der Waals surface area contributed by atoms with E-state index in [-0.39, 0.29) is 67.9 Å². The van der Waals surface area contributed by atoms with Gasteiger partial charge in [0, 0.05) is 57.0 Å². The molecule has 4 aromatic rings. The number of hydrogen-bond acceptors (Lipinski definition) is 4. The first kappa shape index (κ1) is 76.7. The number of aromatic nitrogens is 8. The summed E-state index contributed by atoms with van der Waals surface area (Å²) in [5, 5.41) is 0. The highest BCUT2D eigenvalue weighted by atomic mass is 79.9. The van der Waals surface area contributed by atoms with Crippen molar-refractivity contribution in [2.24, 2.45) is 123 Å². The van der Waals surface area contributed by atoms with E-state index in [1.54, 1.807) is 0 Å². The largest absolute Gasteiger partial charge is 1.00 e. The van der Waals surface area contributed by atoms with Crippen molar-refractivity contribution in [1.82, 2.24) is 18.3 Å². The fourth-order valence-corrected chi connectivity index (χ4v) is 19.1. The van der Waals surface area contributed by atoms with Gasteiger partial charge in [-0.1, -0.05) is 116 Å². The van der Waals surface area contributed by atoms with Gasteiger partial charge in [0.15, 0.2) is 0 Å². The summed E-state index contributed by atoms with van der Waals surface area (Å²) in [6.45, 7) is 10.4. The van der Waals surface area contributed by atoms with Crippen LogP contribution in [0.2, 0.25) is 0 Å². The Kier molecular flexibility index (Phi) is 29.9. The third-order valence-electron chi connectivity index (χ3n) is 24.0. The van der Waals surface area contributed by atoms with E-state index in [9.17, 15) is 0 Å². The van der Waals surface area contributed by atoms with Crippen LogP contribution in [0.1, 0.15) is 128 Å². The van der Waals surface area contributed by atoms with Crippen LogP contribution in [-0.4, -0.2) is 69.1 Å². The Morgan fingerprint density at radius 3 is 0.865 bits per heavy atom. The van der Waals surface area contributed by atoms with E-state index in [0.29, 0.717) is 24.4 Å². The van der Waals surface area contributed by atoms with Gasteiger partial charge < -0.3 is 86.9 Å². The third kappa shape index (κ3) is 19.0. The van der Waals surface area contributed by atoms with Gasteiger partial charge >= 0.3 is 0 Å². The van der Waals surface area contributed by atoms with Crippen LogP contribution >= 0.6 is 0 Å². The Morgan fingerprint density at radius 1 is 0.312 bits per heavy atom. The number of unbranched alkanes of at least 4 members (excludes halogenated alkanes) is 11. The minimum absolute atomic E-state index is 0. The van der Waals surface area contributed by atoms with Crippen molar-refractivity contribution < 1.29 is 105 Å². The van der Waals surface area contributed by atoms with Gasteiger partial charge in [-0.2, -0.15) is 0 Å². The molecule has 8 unspecified atom stereocenters. The lowest BCUT2D eigenvalue weighted by atomic mass is 9.84. The molecule has 4 heterocycles. The number of nitrogens with zero attached hydrogens (tertiary/aromatic N) is 8. The monoisotopic (exact) mass is 1570 g/mol. The summed E-state index contributed by atoms with van der Waals surface area (Å²) in [6, 6.07) is 0. The highest BCUT2D eigenvalue weighted by Gasteiger charge is 2.52. The van der Waals surface area contributed by atoms with Crippen LogP contribution in [0.4, 0.5) is 0 Å². The van der Waals surface area contributed by atoms with Gasteiger partial charge in [0.2, 0.25) is 19.0 Å². The molecule has 4 saturated carbocycles. The molecular formula is C80H116Br4N8O4. The van der Waals surface area contributed by atoms with Crippen molar-refractivity contribution in [1.29, 1.82) is 0 Å². The molecule has 8 bridgehead atoms. The van der Waals surface area contributed by atoms with E-state index in [0.717, 1.165) is 147 Å². The minimum atomic E-state index is 0. The summed E-state index contributed by atoms with van der Waals surface area (Å²) < 4.78 is 42.4. The van der Waals surface area contributed by atoms with Gasteiger partial charge in [0.05, 0.1) is 78.8 Å². The summed E-state index contributed by atoms with van der Waals surface area (Å²) in [6.07, 6.45) is 87.9. The van der Waals surface area contributed by atoms with Crippen LogP contribution in [0, 0.1) is 102 Å². The predicted molar refractivity (Wildman–Crippen MR) is 363 cm³/mol. The van der Waals surface area contributed by atoms with Gasteiger partial charge in [0.1, 0.15) is 49.6 Å². The number of halogens is 4. The number of fused-ring (bicyclic) bond motifs is 20. The van der Waals surface area contributed by atoms with Gasteiger partial charge in [-0.15, -0.1) is 0 Å². The molecule has 12 aliphatic rings. The van der Waals surface area contributed by atoms with Crippen LogP contribution in [0.25, 0.3) is 0 Å². The summed E-state index contributed by atoms with van der Waals surface area (Å²) in [5.74, 6) is 13.8. The average Bonchev–Trinajstić information content (AvgIpc) is 1.64. The maximum absolute atomic E-state index is 6.22. The molecule has 0 radical (unpaired) electrons. The smallest absolute Gasteiger partial charge is 0.253 e. The molecule has 4 fully saturated rings. The lowest BCUT2D eigenvalue weighted by Gasteiger charge is -2.26. The van der Waals surface area contributed by atoms with Crippen LogP contribution in [-0.2, 0) is 73.3 Å². The van der Waals surface area contributed by atoms with Crippen LogP contribution < -0.4 is 86.2 Å². The predicted octanol–water partition coefficient (Wildman–Crippen LogP) is 1.000. The van der Waals surface area contributed by atoms with Crippen molar-refractivity contribution >= 4 is 0 Å². The normalized spacial score (nSPS) is 32.3. The van der Waals surface area contributed by atoms with E-state index in [1.807, 2.05) is 0 Å². The number of hydrogen-bond donors (Lipinski definition) is 0. The number of imidazole rings is 4. The lowest BCUT2D eigenvalue weighted by molar-refractivity contribution is -0.677. The Bertz CT molecular complexity index is 3250. The second-order valence-electron chi connectivity index (χ2n) is 30.2. The fraction of sp³-hybridized carbons (Fsp3) is 0.650. The summed E-state index contributed by atoms with van der Waals surface area (Å²) >= 11 is 0. The van der Waals surface area contributed by atoms with Gasteiger partial charge in [-0.25, -0.2) is 36.5 Å². The first-order valence-corrected chi connectivity index (χ1v) is 37.1. The second kappa shape index (κ2) is 37.4. The molecule has 4 aromatic heterocycles. The number of rotatable bonds is 31. The number of ether oxygens (including phenoxy) is 4. The molecular weight excluding hydrogens is 1460 g/mol. The Morgan fingerprint density at radius 2 is 0.583 bits per heavy atom. The van der Waals surface area contributed by atoms with Gasteiger partial charge in [-0.05, 0) is 174 Å². The zero-order chi connectivity index (χ0) is 62.8. The van der Waals surface area contributed by atoms with E-state index >= 15 is 0 Å². The van der Waals surface area contributed by atoms with E-state index in [2.05, 4.69) is 237 Å². The summed E-state index contributed by atoms with van der Waals surface area (Å²) in [5.41, 5.74) is 0. The third-order valence-corrected chi connectivity index (χ3v) is 24.0. The molecule has 0 spiro atoms. The molecule has 0 N–H and O–H groups in total. The quantitative estimate of drug-likeness (QED) is 0.0429. The van der Waals surface area contributed by atoms with Crippen molar-refractivity contribution in [3.05, 3.63) is 172 Å². The fourth-order valence-electron chi connectivity index (χ4n) is 19.1. The molecule has 0 saturated heterocycles. The minimum Gasteiger partial charge on any atom is -1.00 e. The first-order valence-electron chi connectivity index (χ1n) is 37.1. The molecule has 16 heteroatoms. The van der Waals surface area contributed by atoms with Crippen molar-refractivity contribution in [2.45, 2.75) is 180 Å². The molecule has 0 aromatic carbocycles. The van der Waals surface area contributed by atoms with Gasteiger partial charge in [0.25, 0.3) is 5.82 Å². The van der Waals surface area contributed by atoms with E-state index in [4.69, 9.17) is 18.9 Å². The molecule has 20 atom stereocenters. The topological polar surface area (TPSA) is 72.2 Å². The molecule has 16 rings (SSSR count). The van der Waals surface area contributed by atoms with Crippen LogP contribution in [0.5, 0.6) is 0 Å². The first-order chi connectivity index (χ1) is 45.2. The molecule has 12 aliphatic carbocycles. The Balaban J connectivity index is 0.000000148. The summed E-state index contributed by atoms with van der Waals surface area (Å²) in [4.78, 5) is 0. The molecule has 0 aliphatic heterocycles. The standard InChI is InChI=1S/C21H31N2O.2C20H29N2O.C19H27N2O.4BrH/c1-22-12-13-23(16-22)11-5-3-2-4-6-14-24-20-10-9-19-17-7-8-18(15-17)21(19)20;1-15-21(2)11-12-22(15)10-4-3-5-13-23-19-9-8-18-16-6-7-17(14-16)20(18)19;1-21-11-12-22(15-21)10-4-2-3-5-13-23-19-9-8-18-16-6-7-17(14-16)20(18)19;1-20-10-11-21(14-20)9-3-2-4-12-22-18-8-7-17-15-5-6-16(13-15)19(17)18;;;;/h7-10,12-13,16-21H,2-6,11,14-15H2,1H3;6-9,11-12,16-20H,3-5,10,13-14H2,1-2H3;6-9,11-12,15-20H,2-5,10,13-14H2,1H3;5-8,10-11,14-19H,2-4,9,12-13H2,1H3;4*1H/q4*+1;;;;/p-4/t17?,18?,19-,20+,21+;2*16?,17?,18-,19+,20+;15?,16?,17-,18+,19+;;;;/m0000..../s1. The Labute approximate surface area is 619 Å². The van der Waals surface area contributed by atoms with E-state index in [1.165, 1.54) is 128 Å². The average molecular weight is 1570 g/mol. The molecule has 0 amide bonds. The van der Waals surface area contributed by atoms with Gasteiger partial charge in [-0.3, -0.25) is 0 Å². The number of aryl methyl sites for hydroxylation is 8.